The van der Waals surface area contributed by atoms with Gasteiger partial charge in [-0.2, -0.15) is 0 Å². The molecule has 3 heterocycles. The molecule has 1 saturated carbocycles. The minimum Gasteiger partial charge on any atom is -0.456 e. The summed E-state index contributed by atoms with van der Waals surface area (Å²) < 4.78 is 30.0. The van der Waals surface area contributed by atoms with Crippen molar-refractivity contribution in [3.8, 4) is 0 Å². The fraction of sp³-hybridized carbons (Fsp3) is 0.818. The molecule has 4 rings (SSSR count). The van der Waals surface area contributed by atoms with Crippen molar-refractivity contribution >= 4 is 23.4 Å². The Labute approximate surface area is 339 Å². The predicted octanol–water partition coefficient (Wildman–Crippen LogP) is 4.52. The molecule has 0 aromatic rings. The maximum absolute atomic E-state index is 14.6. The van der Waals surface area contributed by atoms with Gasteiger partial charge in [0, 0.05) is 52.0 Å². The van der Waals surface area contributed by atoms with E-state index in [9.17, 15) is 34.5 Å². The first-order valence-electron chi connectivity index (χ1n) is 21.2. The van der Waals surface area contributed by atoms with Gasteiger partial charge >= 0.3 is 5.97 Å². The Bertz CT molecular complexity index is 1450. The number of carbonyl (C=O) groups excluding carboxylic acids is 4. The molecule has 0 aromatic heterocycles. The molecular weight excluding hydrogens is 734 g/mol. The second-order valence-corrected chi connectivity index (χ2v) is 17.5. The number of hydrogen-bond acceptors (Lipinski definition) is 12. The number of esters is 1. The monoisotopic (exact) mass is 805 g/mol. The van der Waals surface area contributed by atoms with E-state index in [4.69, 9.17) is 23.7 Å². The number of aliphatic hydroxyl groups is 3. The summed E-state index contributed by atoms with van der Waals surface area (Å²) in [5, 5.41) is 34.3. The average Bonchev–Trinajstić information content (AvgIpc) is 3.19. The van der Waals surface area contributed by atoms with Gasteiger partial charge in [-0.05, 0) is 95.5 Å². The zero-order chi connectivity index (χ0) is 42.2. The number of amides is 1. The molecule has 3 N–H and O–H groups in total. The van der Waals surface area contributed by atoms with Crippen LogP contribution >= 0.6 is 0 Å². The van der Waals surface area contributed by atoms with Crippen molar-refractivity contribution in [3.63, 3.8) is 0 Å². The molecule has 13 heteroatoms. The van der Waals surface area contributed by atoms with Crippen LogP contribution in [0.3, 0.4) is 0 Å². The Morgan fingerprint density at radius 2 is 1.58 bits per heavy atom. The van der Waals surface area contributed by atoms with Crippen LogP contribution in [0.25, 0.3) is 0 Å². The van der Waals surface area contributed by atoms with Gasteiger partial charge in [-0.15, -0.1) is 0 Å². The van der Waals surface area contributed by atoms with Crippen LogP contribution in [-0.4, -0.2) is 133 Å². The highest BCUT2D eigenvalue weighted by atomic mass is 16.6. The first-order valence-corrected chi connectivity index (χ1v) is 21.2. The number of ketones is 2. The van der Waals surface area contributed by atoms with E-state index in [1.807, 2.05) is 32.9 Å². The number of Topliss-reactive ketones (excluding diaryl/α,β-unsaturated/α-hetero) is 2. The minimum absolute atomic E-state index is 0.00158. The number of nitrogens with zero attached hydrogens (tertiary/aromatic N) is 1. The minimum atomic E-state index is -2.58. The van der Waals surface area contributed by atoms with E-state index in [-0.39, 0.29) is 49.5 Å². The Morgan fingerprint density at radius 1 is 0.912 bits per heavy atom. The Morgan fingerprint density at radius 3 is 2.23 bits per heavy atom. The summed E-state index contributed by atoms with van der Waals surface area (Å²) in [6.45, 7) is 10.7. The van der Waals surface area contributed by atoms with Crippen LogP contribution in [0.2, 0.25) is 0 Å². The van der Waals surface area contributed by atoms with Crippen LogP contribution in [-0.2, 0) is 42.9 Å². The summed E-state index contributed by atoms with van der Waals surface area (Å²) in [5.74, 6) is -4.30. The third kappa shape index (κ3) is 11.4. The van der Waals surface area contributed by atoms with Gasteiger partial charge in [0.1, 0.15) is 24.0 Å². The van der Waals surface area contributed by atoms with Crippen molar-refractivity contribution in [1.82, 2.24) is 4.90 Å². The van der Waals surface area contributed by atoms with E-state index >= 15 is 0 Å². The lowest BCUT2D eigenvalue weighted by molar-refractivity contribution is -0.195. The number of fused-ring (bicyclic) bond motifs is 4. The average molecular weight is 806 g/mol. The first-order chi connectivity index (χ1) is 27.0. The lowest BCUT2D eigenvalue weighted by Crippen LogP contribution is -2.64. The smallest absolute Gasteiger partial charge is 0.329 e. The molecule has 324 valence electrons. The van der Waals surface area contributed by atoms with E-state index in [1.165, 1.54) is 12.0 Å². The number of carbonyl (C=O) groups is 4. The molecule has 0 aromatic carbocycles. The number of methoxy groups -OCH3 is 3. The molecule has 0 unspecified atom stereocenters. The predicted molar refractivity (Wildman–Crippen MR) is 213 cm³/mol. The van der Waals surface area contributed by atoms with E-state index in [0.717, 1.165) is 5.57 Å². The molecule has 3 aliphatic heterocycles. The van der Waals surface area contributed by atoms with Crippen LogP contribution in [0.4, 0.5) is 0 Å². The van der Waals surface area contributed by atoms with E-state index in [0.29, 0.717) is 56.9 Å². The van der Waals surface area contributed by atoms with Crippen LogP contribution in [0.1, 0.15) is 112 Å². The van der Waals surface area contributed by atoms with Gasteiger partial charge in [0.25, 0.3) is 5.91 Å². The maximum atomic E-state index is 14.6. The highest BCUT2D eigenvalue weighted by Gasteiger charge is 2.54. The van der Waals surface area contributed by atoms with Gasteiger partial charge in [0.15, 0.2) is 5.78 Å². The van der Waals surface area contributed by atoms with Gasteiger partial charge in [-0.25, -0.2) is 4.79 Å². The zero-order valence-electron chi connectivity index (χ0n) is 35.8. The normalized spacial score (nSPS) is 41.3. The summed E-state index contributed by atoms with van der Waals surface area (Å²) in [5.41, 5.74) is -0.891. The molecule has 3 fully saturated rings. The van der Waals surface area contributed by atoms with Crippen molar-refractivity contribution in [3.05, 3.63) is 23.3 Å². The number of ether oxygens (including phenoxy) is 5. The molecule has 2 saturated heterocycles. The van der Waals surface area contributed by atoms with Crippen LogP contribution < -0.4 is 0 Å². The highest BCUT2D eigenvalue weighted by Crippen LogP contribution is 2.35. The number of piperidine rings is 1. The van der Waals surface area contributed by atoms with Gasteiger partial charge in [-0.1, -0.05) is 45.4 Å². The fourth-order valence-corrected chi connectivity index (χ4v) is 9.62. The van der Waals surface area contributed by atoms with Crippen molar-refractivity contribution in [1.29, 1.82) is 0 Å². The molecular formula is C44H71NO12. The second kappa shape index (κ2) is 21.1. The number of aliphatic hydroxyl groups excluding tert-OH is 2. The largest absolute Gasteiger partial charge is 0.456 e. The topological polar surface area (TPSA) is 178 Å². The SMILES string of the molecule is CC[C@@H]1/C=C(/C)C[C@H](C)C[C@H](OC)[C@H]2OC[C@@](O)(C(=O)[C@H](C)C[C@@H]2OC)C(=O)N2CCCC[C@H]2C(=O)O[C@H](/C(C)=C/[C@@H]2CC[C@@H](O)[C@H](OC)C2)[C@H](C)[C@@H](O)CC1=O. The highest BCUT2D eigenvalue weighted by molar-refractivity contribution is 6.11. The van der Waals surface area contributed by atoms with Crippen molar-refractivity contribution in [2.45, 2.75) is 167 Å². The molecule has 2 bridgehead atoms. The van der Waals surface area contributed by atoms with Crippen molar-refractivity contribution < 1.29 is 58.2 Å². The molecule has 1 aliphatic carbocycles. The lowest BCUT2D eigenvalue weighted by Gasteiger charge is -2.43. The van der Waals surface area contributed by atoms with E-state index in [2.05, 4.69) is 6.92 Å². The Balaban J connectivity index is 1.79. The molecule has 14 atom stereocenters. The first kappa shape index (κ1) is 47.2. The molecule has 4 aliphatic rings. The zero-order valence-corrected chi connectivity index (χ0v) is 35.8. The standard InChI is InChI=1S/C44H71NO12/c1-10-31-18-25(2)17-26(3)19-37(54-8)40-38(55-9)21-28(5)41(49)44(52,24-56-40)43(51)45-16-12-11-13-32(45)42(50)57-39(29(6)34(47)23-35(31)48)27(4)20-30-14-15-33(46)36(22-30)53-7/h18,20,26,28-34,36-40,46-47,52H,10-17,19,21-24H2,1-9H3/b25-18-,27-20+/t26-,28+,29+,30-,31+,32-,33+,34-,36+,37-,38-,39+,40+,44+/m0/s1. The third-order valence-electron chi connectivity index (χ3n) is 13.1. The van der Waals surface area contributed by atoms with Crippen LogP contribution in [0, 0.1) is 29.6 Å². The van der Waals surface area contributed by atoms with Gasteiger partial charge in [0.2, 0.25) is 5.60 Å². The Kier molecular flexibility index (Phi) is 17.5. The van der Waals surface area contributed by atoms with Crippen LogP contribution in [0.15, 0.2) is 23.3 Å². The third-order valence-corrected chi connectivity index (χ3v) is 13.1. The molecule has 0 spiro atoms. The molecule has 1 amide bonds. The fourth-order valence-electron chi connectivity index (χ4n) is 9.62. The van der Waals surface area contributed by atoms with Crippen molar-refractivity contribution in [2.24, 2.45) is 29.6 Å². The Hall–Kier alpha value is -2.52. The second-order valence-electron chi connectivity index (χ2n) is 17.5. The van der Waals surface area contributed by atoms with E-state index in [1.54, 1.807) is 28.1 Å². The molecule has 0 radical (unpaired) electrons. The summed E-state index contributed by atoms with van der Waals surface area (Å²) >= 11 is 0. The van der Waals surface area contributed by atoms with Crippen molar-refractivity contribution in [2.75, 3.05) is 34.5 Å². The number of rotatable bonds is 6. The van der Waals surface area contributed by atoms with E-state index < -0.39 is 90.3 Å². The molecule has 57 heavy (non-hydrogen) atoms. The van der Waals surface area contributed by atoms with Gasteiger partial charge in [-0.3, -0.25) is 14.4 Å². The van der Waals surface area contributed by atoms with Gasteiger partial charge in [0.05, 0.1) is 37.1 Å². The summed E-state index contributed by atoms with van der Waals surface area (Å²) in [6.07, 6.45) is 4.06. The van der Waals surface area contributed by atoms with Crippen LogP contribution in [0.5, 0.6) is 0 Å². The van der Waals surface area contributed by atoms with Gasteiger partial charge < -0.3 is 43.9 Å². The summed E-state index contributed by atoms with van der Waals surface area (Å²) in [7, 11) is 4.68. The molecule has 13 nitrogen and oxygen atoms in total. The summed E-state index contributed by atoms with van der Waals surface area (Å²) in [6, 6.07) is -1.12. The lowest BCUT2D eigenvalue weighted by atomic mass is 9.81. The maximum Gasteiger partial charge on any atom is 0.329 e. The number of hydrogen-bond donors (Lipinski definition) is 3. The quantitative estimate of drug-likeness (QED) is 0.195. The number of allylic oxidation sites excluding steroid dienone is 3. The number of cyclic esters (lactones) is 1. The summed E-state index contributed by atoms with van der Waals surface area (Å²) in [4.78, 5) is 58.1.